The van der Waals surface area contributed by atoms with Crippen molar-refractivity contribution in [3.8, 4) is 0 Å². The predicted octanol–water partition coefficient (Wildman–Crippen LogP) is 1.66. The van der Waals surface area contributed by atoms with Crippen LogP contribution in [0, 0.1) is 5.92 Å². The number of Topliss-reactive ketones (excluding diaryl/α,β-unsaturated/α-hetero) is 3. The SMILES string of the molecule is CC(=O)C(C(C)=O)C(=O)c1ccccc1.[Co]. The Labute approximate surface area is 104 Å². The van der Waals surface area contributed by atoms with E-state index < -0.39 is 23.3 Å². The zero-order valence-corrected chi connectivity index (χ0v) is 10.1. The fourth-order valence-electron chi connectivity index (χ4n) is 1.42. The molecule has 0 aliphatic carbocycles. The summed E-state index contributed by atoms with van der Waals surface area (Å²) in [6.07, 6.45) is 0. The van der Waals surface area contributed by atoms with Gasteiger partial charge in [-0.15, -0.1) is 0 Å². The summed E-state index contributed by atoms with van der Waals surface area (Å²) >= 11 is 0. The monoisotopic (exact) mass is 263 g/mol. The van der Waals surface area contributed by atoms with Gasteiger partial charge in [0.2, 0.25) is 0 Å². The van der Waals surface area contributed by atoms with E-state index in [9.17, 15) is 14.4 Å². The van der Waals surface area contributed by atoms with Crippen molar-refractivity contribution >= 4 is 17.3 Å². The minimum absolute atomic E-state index is 0. The molecule has 0 aliphatic rings. The molecule has 0 aromatic heterocycles. The van der Waals surface area contributed by atoms with Crippen molar-refractivity contribution in [2.45, 2.75) is 13.8 Å². The molecular weight excluding hydrogens is 251 g/mol. The molecule has 0 saturated heterocycles. The van der Waals surface area contributed by atoms with Crippen LogP contribution in [0.25, 0.3) is 0 Å². The van der Waals surface area contributed by atoms with Crippen molar-refractivity contribution in [3.05, 3.63) is 35.9 Å². The second-order valence-corrected chi connectivity index (χ2v) is 3.38. The molecule has 87 valence electrons. The van der Waals surface area contributed by atoms with Gasteiger partial charge in [0, 0.05) is 22.3 Å². The normalized spacial score (nSPS) is 9.44. The summed E-state index contributed by atoms with van der Waals surface area (Å²) in [7, 11) is 0. The summed E-state index contributed by atoms with van der Waals surface area (Å²) in [5, 5.41) is 0. The topological polar surface area (TPSA) is 51.2 Å². The van der Waals surface area contributed by atoms with Crippen molar-refractivity contribution in [1.82, 2.24) is 0 Å². The van der Waals surface area contributed by atoms with Crippen molar-refractivity contribution < 1.29 is 31.2 Å². The summed E-state index contributed by atoms with van der Waals surface area (Å²) in [6.45, 7) is 2.51. The Kier molecular flexibility index (Phi) is 5.85. The van der Waals surface area contributed by atoms with Crippen molar-refractivity contribution in [2.75, 3.05) is 0 Å². The van der Waals surface area contributed by atoms with Crippen LogP contribution >= 0.6 is 0 Å². The summed E-state index contributed by atoms with van der Waals surface area (Å²) in [5.41, 5.74) is 0.396. The second-order valence-electron chi connectivity index (χ2n) is 3.38. The van der Waals surface area contributed by atoms with E-state index in [1.54, 1.807) is 30.3 Å². The molecule has 4 heteroatoms. The third kappa shape index (κ3) is 3.39. The fourth-order valence-corrected chi connectivity index (χ4v) is 1.42. The van der Waals surface area contributed by atoms with Gasteiger partial charge >= 0.3 is 0 Å². The maximum atomic E-state index is 11.8. The van der Waals surface area contributed by atoms with Gasteiger partial charge < -0.3 is 0 Å². The van der Waals surface area contributed by atoms with Crippen LogP contribution in [0.5, 0.6) is 0 Å². The van der Waals surface area contributed by atoms with Crippen molar-refractivity contribution in [2.24, 2.45) is 5.92 Å². The van der Waals surface area contributed by atoms with Crippen LogP contribution in [0.4, 0.5) is 0 Å². The molecule has 0 heterocycles. The van der Waals surface area contributed by atoms with E-state index in [0.29, 0.717) is 5.56 Å². The number of hydrogen-bond acceptors (Lipinski definition) is 3. The smallest absolute Gasteiger partial charge is 0.180 e. The maximum Gasteiger partial charge on any atom is 0.180 e. The van der Waals surface area contributed by atoms with Crippen molar-refractivity contribution in [3.63, 3.8) is 0 Å². The molecule has 16 heavy (non-hydrogen) atoms. The van der Waals surface area contributed by atoms with Crippen LogP contribution in [0.3, 0.4) is 0 Å². The van der Waals surface area contributed by atoms with Crippen LogP contribution in [0.2, 0.25) is 0 Å². The van der Waals surface area contributed by atoms with Crippen LogP contribution in [0.1, 0.15) is 24.2 Å². The third-order valence-electron chi connectivity index (χ3n) is 2.13. The zero-order valence-electron chi connectivity index (χ0n) is 9.02. The predicted molar refractivity (Wildman–Crippen MR) is 55.6 cm³/mol. The van der Waals surface area contributed by atoms with Crippen LogP contribution < -0.4 is 0 Å². The first-order valence-corrected chi connectivity index (χ1v) is 4.64. The number of hydrogen-bond donors (Lipinski definition) is 0. The average Bonchev–Trinajstić information content (AvgIpc) is 2.18. The molecule has 0 unspecified atom stereocenters. The van der Waals surface area contributed by atoms with Gasteiger partial charge in [-0.3, -0.25) is 14.4 Å². The fraction of sp³-hybridized carbons (Fsp3) is 0.250. The van der Waals surface area contributed by atoms with E-state index in [1.165, 1.54) is 13.8 Å². The molecule has 0 bridgehead atoms. The van der Waals surface area contributed by atoms with E-state index in [-0.39, 0.29) is 16.8 Å². The van der Waals surface area contributed by atoms with E-state index in [2.05, 4.69) is 0 Å². The van der Waals surface area contributed by atoms with Crippen LogP contribution in [-0.4, -0.2) is 17.3 Å². The first-order chi connectivity index (χ1) is 7.04. The first-order valence-electron chi connectivity index (χ1n) is 4.64. The zero-order chi connectivity index (χ0) is 11.4. The van der Waals surface area contributed by atoms with Gasteiger partial charge in [0.15, 0.2) is 5.78 Å². The van der Waals surface area contributed by atoms with Gasteiger partial charge in [0.1, 0.15) is 17.5 Å². The number of carbonyl (C=O) groups is 3. The largest absolute Gasteiger partial charge is 0.299 e. The maximum absolute atomic E-state index is 11.8. The van der Waals surface area contributed by atoms with Gasteiger partial charge in [-0.1, -0.05) is 30.3 Å². The Balaban J connectivity index is 0.00000225. The molecule has 3 nitrogen and oxygen atoms in total. The summed E-state index contributed by atoms with van der Waals surface area (Å²) in [6, 6.07) is 8.37. The van der Waals surface area contributed by atoms with Crippen molar-refractivity contribution in [1.29, 1.82) is 0 Å². The van der Waals surface area contributed by atoms with E-state index in [0.717, 1.165) is 0 Å². The molecule has 0 fully saturated rings. The Morgan fingerprint density at radius 1 is 0.938 bits per heavy atom. The molecule has 0 aliphatic heterocycles. The molecule has 1 radical (unpaired) electrons. The van der Waals surface area contributed by atoms with Gasteiger partial charge in [-0.2, -0.15) is 0 Å². The van der Waals surface area contributed by atoms with E-state index in [1.807, 2.05) is 0 Å². The molecule has 0 saturated carbocycles. The Hall–Kier alpha value is -1.26. The minimum Gasteiger partial charge on any atom is -0.299 e. The summed E-state index contributed by atoms with van der Waals surface area (Å²) in [4.78, 5) is 34.1. The molecular formula is C12H12CoO3. The molecule has 0 spiro atoms. The third-order valence-corrected chi connectivity index (χ3v) is 2.13. The van der Waals surface area contributed by atoms with Crippen LogP contribution in [0.15, 0.2) is 30.3 Å². The second kappa shape index (κ2) is 6.35. The van der Waals surface area contributed by atoms with Gasteiger partial charge in [-0.05, 0) is 13.8 Å². The molecule has 0 amide bonds. The van der Waals surface area contributed by atoms with Crippen LogP contribution in [-0.2, 0) is 26.4 Å². The number of benzene rings is 1. The van der Waals surface area contributed by atoms with E-state index >= 15 is 0 Å². The first kappa shape index (κ1) is 14.7. The molecule has 0 N–H and O–H groups in total. The molecule has 1 rings (SSSR count). The Morgan fingerprint density at radius 2 is 1.38 bits per heavy atom. The van der Waals surface area contributed by atoms with Gasteiger partial charge in [-0.25, -0.2) is 0 Å². The summed E-state index contributed by atoms with van der Waals surface area (Å²) in [5.74, 6) is -2.38. The Morgan fingerprint density at radius 3 is 1.75 bits per heavy atom. The number of ketones is 3. The van der Waals surface area contributed by atoms with E-state index in [4.69, 9.17) is 0 Å². The van der Waals surface area contributed by atoms with Gasteiger partial charge in [0.25, 0.3) is 0 Å². The molecule has 1 aromatic carbocycles. The average molecular weight is 263 g/mol. The minimum atomic E-state index is -1.15. The van der Waals surface area contributed by atoms with Gasteiger partial charge in [0.05, 0.1) is 0 Å². The standard InChI is InChI=1S/C12H12O3.Co/c1-8(13)11(9(2)14)12(15)10-6-4-3-5-7-10;/h3-7,11H,1-2H3;. The Bertz CT molecular complexity index is 384. The number of carbonyl (C=O) groups excluding carboxylic acids is 3. The molecule has 0 atom stereocenters. The molecule has 1 aromatic rings. The summed E-state index contributed by atoms with van der Waals surface area (Å²) < 4.78 is 0. The quantitative estimate of drug-likeness (QED) is 0.613. The number of rotatable bonds is 4.